The van der Waals surface area contributed by atoms with Crippen LogP contribution in [0.5, 0.6) is 0 Å². The van der Waals surface area contributed by atoms with E-state index in [0.717, 1.165) is 35.3 Å². The van der Waals surface area contributed by atoms with E-state index in [-0.39, 0.29) is 4.90 Å². The molecule has 0 aliphatic heterocycles. The number of rotatable bonds is 3. The zero-order valence-electron chi connectivity index (χ0n) is 13.0. The first-order valence-electron chi connectivity index (χ1n) is 7.58. The topological polar surface area (TPSA) is 64.8 Å². The van der Waals surface area contributed by atoms with Crippen LogP contribution in [0.2, 0.25) is 0 Å². The monoisotopic (exact) mass is 327 g/mol. The van der Waals surface area contributed by atoms with E-state index in [1.54, 1.807) is 12.3 Å². The summed E-state index contributed by atoms with van der Waals surface area (Å²) in [5.74, 6) is 0.718. The number of nitrogens with zero attached hydrogens (tertiary/aromatic N) is 3. The molecule has 0 saturated heterocycles. The molecule has 1 aromatic carbocycles. The summed E-state index contributed by atoms with van der Waals surface area (Å²) in [4.78, 5) is 8.96. The van der Waals surface area contributed by atoms with Gasteiger partial charge >= 0.3 is 0 Å². The van der Waals surface area contributed by atoms with Crippen molar-refractivity contribution in [3.05, 3.63) is 42.2 Å². The van der Waals surface area contributed by atoms with Crippen molar-refractivity contribution in [1.82, 2.24) is 14.5 Å². The predicted molar refractivity (Wildman–Crippen MR) is 89.1 cm³/mol. The van der Waals surface area contributed by atoms with Crippen molar-refractivity contribution in [3.63, 3.8) is 0 Å². The van der Waals surface area contributed by atoms with Crippen LogP contribution in [0.3, 0.4) is 0 Å². The fraction of sp³-hybridized carbons (Fsp3) is 0.294. The van der Waals surface area contributed by atoms with Crippen LogP contribution in [0.25, 0.3) is 22.4 Å². The Morgan fingerprint density at radius 3 is 2.70 bits per heavy atom. The molecule has 0 N–H and O–H groups in total. The molecule has 0 atom stereocenters. The van der Waals surface area contributed by atoms with Gasteiger partial charge in [-0.1, -0.05) is 6.07 Å². The Kier molecular flexibility index (Phi) is 3.06. The predicted octanol–water partition coefficient (Wildman–Crippen LogP) is 3.15. The van der Waals surface area contributed by atoms with Crippen molar-refractivity contribution in [3.8, 4) is 11.4 Å². The van der Waals surface area contributed by atoms with Crippen LogP contribution in [0, 0.1) is 6.92 Å². The molecule has 4 rings (SSSR count). The van der Waals surface area contributed by atoms with Crippen LogP contribution in [-0.4, -0.2) is 29.2 Å². The second-order valence-electron chi connectivity index (χ2n) is 6.17. The normalized spacial score (nSPS) is 15.2. The Morgan fingerprint density at radius 1 is 1.22 bits per heavy atom. The maximum absolute atomic E-state index is 12.1. The van der Waals surface area contributed by atoms with Gasteiger partial charge in [0.15, 0.2) is 9.84 Å². The summed E-state index contributed by atoms with van der Waals surface area (Å²) < 4.78 is 26.4. The SMILES string of the molecule is Cc1ccc2c(c1)nc(-c1ccncc1S(C)(=O)=O)n2C1CC1. The van der Waals surface area contributed by atoms with Crippen LogP contribution in [-0.2, 0) is 9.84 Å². The lowest BCUT2D eigenvalue weighted by Gasteiger charge is -2.10. The van der Waals surface area contributed by atoms with Gasteiger partial charge in [-0.25, -0.2) is 13.4 Å². The number of aryl methyl sites for hydroxylation is 1. The van der Waals surface area contributed by atoms with Crippen molar-refractivity contribution in [2.45, 2.75) is 30.7 Å². The van der Waals surface area contributed by atoms with Crippen LogP contribution in [0.15, 0.2) is 41.6 Å². The zero-order valence-corrected chi connectivity index (χ0v) is 13.8. The highest BCUT2D eigenvalue weighted by Crippen LogP contribution is 2.42. The third-order valence-corrected chi connectivity index (χ3v) is 5.31. The zero-order chi connectivity index (χ0) is 16.2. The largest absolute Gasteiger partial charge is 0.321 e. The summed E-state index contributed by atoms with van der Waals surface area (Å²) >= 11 is 0. The van der Waals surface area contributed by atoms with E-state index in [4.69, 9.17) is 4.98 Å². The molecule has 0 amide bonds. The van der Waals surface area contributed by atoms with Gasteiger partial charge in [-0.05, 0) is 43.5 Å². The van der Waals surface area contributed by atoms with E-state index in [1.807, 2.05) is 13.0 Å². The fourth-order valence-electron chi connectivity index (χ4n) is 2.96. The minimum Gasteiger partial charge on any atom is -0.321 e. The molecule has 0 spiro atoms. The van der Waals surface area contributed by atoms with Gasteiger partial charge in [0.25, 0.3) is 0 Å². The van der Waals surface area contributed by atoms with Gasteiger partial charge in [-0.15, -0.1) is 0 Å². The number of imidazole rings is 1. The van der Waals surface area contributed by atoms with Gasteiger partial charge in [-0.2, -0.15) is 0 Å². The molecule has 1 fully saturated rings. The number of pyridine rings is 1. The van der Waals surface area contributed by atoms with Gasteiger partial charge in [0, 0.05) is 30.3 Å². The molecule has 2 heterocycles. The van der Waals surface area contributed by atoms with Crippen molar-refractivity contribution >= 4 is 20.9 Å². The summed E-state index contributed by atoms with van der Waals surface area (Å²) in [6.45, 7) is 2.03. The first kappa shape index (κ1) is 14.4. The summed E-state index contributed by atoms with van der Waals surface area (Å²) in [5, 5.41) is 0. The molecule has 0 radical (unpaired) electrons. The highest BCUT2D eigenvalue weighted by Gasteiger charge is 2.30. The van der Waals surface area contributed by atoms with Crippen LogP contribution in [0.1, 0.15) is 24.4 Å². The van der Waals surface area contributed by atoms with E-state index >= 15 is 0 Å². The van der Waals surface area contributed by atoms with E-state index in [0.29, 0.717) is 11.6 Å². The van der Waals surface area contributed by atoms with Crippen molar-refractivity contribution < 1.29 is 8.42 Å². The van der Waals surface area contributed by atoms with Crippen LogP contribution < -0.4 is 0 Å². The summed E-state index contributed by atoms with van der Waals surface area (Å²) in [6, 6.07) is 8.32. The Hall–Kier alpha value is -2.21. The molecule has 0 bridgehead atoms. The lowest BCUT2D eigenvalue weighted by molar-refractivity contribution is 0.601. The maximum atomic E-state index is 12.1. The summed E-state index contributed by atoms with van der Waals surface area (Å²) in [5.41, 5.74) is 3.73. The lowest BCUT2D eigenvalue weighted by atomic mass is 10.2. The second kappa shape index (κ2) is 4.89. The lowest BCUT2D eigenvalue weighted by Crippen LogP contribution is -2.04. The van der Waals surface area contributed by atoms with Gasteiger partial charge in [0.05, 0.1) is 15.9 Å². The number of benzene rings is 1. The Labute approximate surface area is 134 Å². The molecular weight excluding hydrogens is 310 g/mol. The highest BCUT2D eigenvalue weighted by atomic mass is 32.2. The van der Waals surface area contributed by atoms with E-state index in [1.165, 1.54) is 12.5 Å². The quantitative estimate of drug-likeness (QED) is 0.741. The average molecular weight is 327 g/mol. The Balaban J connectivity index is 2.05. The molecule has 1 aliphatic carbocycles. The molecule has 5 nitrogen and oxygen atoms in total. The number of sulfone groups is 1. The summed E-state index contributed by atoms with van der Waals surface area (Å²) in [7, 11) is -3.37. The van der Waals surface area contributed by atoms with E-state index < -0.39 is 9.84 Å². The molecule has 118 valence electrons. The number of aromatic nitrogens is 3. The number of hydrogen-bond donors (Lipinski definition) is 0. The third kappa shape index (κ3) is 2.43. The van der Waals surface area contributed by atoms with Crippen molar-refractivity contribution in [2.75, 3.05) is 6.26 Å². The van der Waals surface area contributed by atoms with Gasteiger partial charge in [0.1, 0.15) is 5.82 Å². The van der Waals surface area contributed by atoms with Crippen molar-refractivity contribution in [1.29, 1.82) is 0 Å². The van der Waals surface area contributed by atoms with E-state index in [2.05, 4.69) is 21.7 Å². The van der Waals surface area contributed by atoms with Gasteiger partial charge in [0.2, 0.25) is 0 Å². The van der Waals surface area contributed by atoms with Crippen molar-refractivity contribution in [2.24, 2.45) is 0 Å². The maximum Gasteiger partial charge on any atom is 0.177 e. The summed E-state index contributed by atoms with van der Waals surface area (Å²) in [6.07, 6.45) is 6.44. The van der Waals surface area contributed by atoms with Gasteiger partial charge in [-0.3, -0.25) is 4.98 Å². The standard InChI is InChI=1S/C17H17N3O2S/c1-11-3-6-15-14(9-11)19-17(20(15)12-4-5-12)13-7-8-18-10-16(13)23(2,21)22/h3,6-10,12H,4-5H2,1-2H3. The molecule has 1 saturated carbocycles. The first-order valence-corrected chi connectivity index (χ1v) is 9.47. The molecule has 0 unspecified atom stereocenters. The fourth-order valence-corrected chi connectivity index (χ4v) is 3.77. The third-order valence-electron chi connectivity index (χ3n) is 4.18. The highest BCUT2D eigenvalue weighted by molar-refractivity contribution is 7.90. The number of hydrogen-bond acceptors (Lipinski definition) is 4. The van der Waals surface area contributed by atoms with Crippen LogP contribution in [0.4, 0.5) is 0 Å². The van der Waals surface area contributed by atoms with Gasteiger partial charge < -0.3 is 4.57 Å². The second-order valence-corrected chi connectivity index (χ2v) is 8.16. The smallest absolute Gasteiger partial charge is 0.177 e. The average Bonchev–Trinajstić information content (AvgIpc) is 3.27. The molecule has 6 heteroatoms. The molecule has 23 heavy (non-hydrogen) atoms. The molecule has 1 aliphatic rings. The van der Waals surface area contributed by atoms with E-state index in [9.17, 15) is 8.42 Å². The molecular formula is C17H17N3O2S. The van der Waals surface area contributed by atoms with Crippen LogP contribution >= 0.6 is 0 Å². The molecule has 3 aromatic rings. The minimum absolute atomic E-state index is 0.230. The minimum atomic E-state index is -3.37. The first-order chi connectivity index (χ1) is 10.9. The molecule has 2 aromatic heterocycles. The Morgan fingerprint density at radius 2 is 2.00 bits per heavy atom. The Bertz CT molecular complexity index is 1020. The number of fused-ring (bicyclic) bond motifs is 1.